The lowest BCUT2D eigenvalue weighted by molar-refractivity contribution is -0.274. The van der Waals surface area contributed by atoms with E-state index in [2.05, 4.69) is 4.74 Å². The molecule has 0 fully saturated rings. The molecule has 0 saturated carbocycles. The average molecular weight is 326 g/mol. The number of aldehydes is 1. The van der Waals surface area contributed by atoms with Gasteiger partial charge in [-0.25, -0.2) is 0 Å². The first kappa shape index (κ1) is 16.7. The number of carbonyl (C=O) groups is 1. The molecule has 4 nitrogen and oxygen atoms in total. The van der Waals surface area contributed by atoms with E-state index < -0.39 is 12.1 Å². The fourth-order valence-electron chi connectivity index (χ4n) is 2.08. The molecule has 2 rings (SSSR count). The van der Waals surface area contributed by atoms with E-state index >= 15 is 0 Å². The van der Waals surface area contributed by atoms with Gasteiger partial charge in [-0.05, 0) is 35.9 Å². The minimum absolute atomic E-state index is 0.0552. The van der Waals surface area contributed by atoms with Crippen LogP contribution in [0.2, 0.25) is 0 Å². The predicted octanol–water partition coefficient (Wildman–Crippen LogP) is 4.08. The Morgan fingerprint density at radius 3 is 2.26 bits per heavy atom. The van der Waals surface area contributed by atoms with E-state index in [0.717, 1.165) is 6.07 Å². The molecule has 0 aromatic heterocycles. The van der Waals surface area contributed by atoms with Crippen molar-refractivity contribution in [3.8, 4) is 28.4 Å². The second kappa shape index (κ2) is 6.60. The summed E-state index contributed by atoms with van der Waals surface area (Å²) in [5, 5.41) is 0. The molecule has 0 radical (unpaired) electrons. The monoisotopic (exact) mass is 326 g/mol. The molecule has 0 aliphatic carbocycles. The third-order valence-electron chi connectivity index (χ3n) is 3.02. The van der Waals surface area contributed by atoms with E-state index in [4.69, 9.17) is 9.47 Å². The van der Waals surface area contributed by atoms with Crippen molar-refractivity contribution in [3.63, 3.8) is 0 Å². The maximum atomic E-state index is 12.4. The molecule has 0 unspecified atom stereocenters. The van der Waals surface area contributed by atoms with Crippen LogP contribution >= 0.6 is 0 Å². The predicted molar refractivity (Wildman–Crippen MR) is 77.1 cm³/mol. The van der Waals surface area contributed by atoms with Crippen molar-refractivity contribution in [3.05, 3.63) is 42.0 Å². The highest BCUT2D eigenvalue weighted by atomic mass is 19.4. The molecule has 0 aliphatic heterocycles. The summed E-state index contributed by atoms with van der Waals surface area (Å²) in [6, 6.07) is 8.49. The molecule has 0 heterocycles. The summed E-state index contributed by atoms with van der Waals surface area (Å²) in [5.74, 6) is 0.448. The number of halogens is 3. The van der Waals surface area contributed by atoms with Crippen LogP contribution in [0.15, 0.2) is 36.4 Å². The molecule has 0 bridgehead atoms. The molecule has 0 N–H and O–H groups in total. The fourth-order valence-corrected chi connectivity index (χ4v) is 2.08. The van der Waals surface area contributed by atoms with Crippen LogP contribution in [0, 0.1) is 0 Å². The lowest BCUT2D eigenvalue weighted by Gasteiger charge is -2.14. The van der Waals surface area contributed by atoms with Crippen LogP contribution < -0.4 is 14.2 Å². The quantitative estimate of drug-likeness (QED) is 0.777. The van der Waals surface area contributed by atoms with Crippen LogP contribution in [0.25, 0.3) is 11.1 Å². The molecule has 122 valence electrons. The van der Waals surface area contributed by atoms with Gasteiger partial charge in [0.2, 0.25) is 0 Å². The van der Waals surface area contributed by atoms with Gasteiger partial charge in [-0.3, -0.25) is 4.79 Å². The Labute approximate surface area is 130 Å². The van der Waals surface area contributed by atoms with E-state index in [-0.39, 0.29) is 5.56 Å². The van der Waals surface area contributed by atoms with E-state index in [0.29, 0.717) is 28.9 Å². The zero-order valence-electron chi connectivity index (χ0n) is 12.3. The van der Waals surface area contributed by atoms with Crippen molar-refractivity contribution in [2.24, 2.45) is 0 Å². The maximum absolute atomic E-state index is 12.4. The zero-order valence-corrected chi connectivity index (χ0v) is 12.3. The number of rotatable bonds is 5. The Balaban J connectivity index is 2.54. The van der Waals surface area contributed by atoms with Crippen LogP contribution in [-0.4, -0.2) is 26.9 Å². The Kier molecular flexibility index (Phi) is 4.78. The van der Waals surface area contributed by atoms with Crippen LogP contribution in [0.1, 0.15) is 10.4 Å². The third kappa shape index (κ3) is 4.15. The lowest BCUT2D eigenvalue weighted by Crippen LogP contribution is -2.17. The summed E-state index contributed by atoms with van der Waals surface area (Å²) in [5.41, 5.74) is 0.914. The van der Waals surface area contributed by atoms with Crippen LogP contribution in [0.3, 0.4) is 0 Å². The standard InChI is InChI=1S/C16H13F3O4/c1-21-12-3-4-14(15(8-12)22-2)11-5-10(9-20)6-13(7-11)23-16(17,18)19/h3-9H,1-2H3. The summed E-state index contributed by atoms with van der Waals surface area (Å²) >= 11 is 0. The van der Waals surface area contributed by atoms with Gasteiger partial charge >= 0.3 is 6.36 Å². The molecule has 23 heavy (non-hydrogen) atoms. The molecule has 7 heteroatoms. The Morgan fingerprint density at radius 2 is 1.70 bits per heavy atom. The average Bonchev–Trinajstić information content (AvgIpc) is 2.52. The molecule has 0 amide bonds. The SMILES string of the molecule is COc1ccc(-c2cc(C=O)cc(OC(F)(F)F)c2)c(OC)c1. The van der Waals surface area contributed by atoms with Crippen LogP contribution in [-0.2, 0) is 0 Å². The molecule has 0 spiro atoms. The number of methoxy groups -OCH3 is 2. The van der Waals surface area contributed by atoms with Gasteiger partial charge in [0, 0.05) is 17.2 Å². The lowest BCUT2D eigenvalue weighted by atomic mass is 10.0. The first-order valence-corrected chi connectivity index (χ1v) is 6.44. The summed E-state index contributed by atoms with van der Waals surface area (Å²) in [6.07, 6.45) is -4.40. The zero-order chi connectivity index (χ0) is 17.0. The van der Waals surface area contributed by atoms with E-state index in [9.17, 15) is 18.0 Å². The van der Waals surface area contributed by atoms with Gasteiger partial charge in [0.05, 0.1) is 14.2 Å². The van der Waals surface area contributed by atoms with Gasteiger partial charge in [0.25, 0.3) is 0 Å². The summed E-state index contributed by atoms with van der Waals surface area (Å²) in [7, 11) is 2.91. The summed E-state index contributed by atoms with van der Waals surface area (Å²) < 4.78 is 51.4. The minimum Gasteiger partial charge on any atom is -0.497 e. The normalized spacial score (nSPS) is 11.0. The fraction of sp³-hybridized carbons (Fsp3) is 0.188. The number of carbonyl (C=O) groups excluding carboxylic acids is 1. The molecule has 0 saturated heterocycles. The second-order valence-electron chi connectivity index (χ2n) is 4.52. The van der Waals surface area contributed by atoms with Crippen molar-refractivity contribution < 1.29 is 32.2 Å². The first-order chi connectivity index (χ1) is 10.9. The highest BCUT2D eigenvalue weighted by Gasteiger charge is 2.31. The molecule has 2 aromatic carbocycles. The Morgan fingerprint density at radius 1 is 0.957 bits per heavy atom. The Hall–Kier alpha value is -2.70. The van der Waals surface area contributed by atoms with Gasteiger partial charge in [-0.2, -0.15) is 0 Å². The number of hydrogen-bond donors (Lipinski definition) is 0. The van der Waals surface area contributed by atoms with Crippen LogP contribution in [0.5, 0.6) is 17.2 Å². The van der Waals surface area contributed by atoms with Gasteiger partial charge < -0.3 is 14.2 Å². The van der Waals surface area contributed by atoms with Gasteiger partial charge in [0.1, 0.15) is 23.5 Å². The van der Waals surface area contributed by atoms with Crippen molar-refractivity contribution in [1.82, 2.24) is 0 Å². The largest absolute Gasteiger partial charge is 0.573 e. The van der Waals surface area contributed by atoms with E-state index in [1.165, 1.54) is 26.4 Å². The van der Waals surface area contributed by atoms with E-state index in [1.807, 2.05) is 0 Å². The molecule has 0 atom stereocenters. The third-order valence-corrected chi connectivity index (χ3v) is 3.02. The second-order valence-corrected chi connectivity index (χ2v) is 4.52. The molecular formula is C16H13F3O4. The summed E-state index contributed by atoms with van der Waals surface area (Å²) in [6.45, 7) is 0. The van der Waals surface area contributed by atoms with Gasteiger partial charge in [-0.1, -0.05) is 0 Å². The van der Waals surface area contributed by atoms with E-state index in [1.54, 1.807) is 18.2 Å². The van der Waals surface area contributed by atoms with Crippen LogP contribution in [0.4, 0.5) is 13.2 Å². The van der Waals surface area contributed by atoms with Crippen molar-refractivity contribution >= 4 is 6.29 Å². The highest BCUT2D eigenvalue weighted by Crippen LogP contribution is 2.36. The Bertz CT molecular complexity index is 711. The molecule has 2 aromatic rings. The number of ether oxygens (including phenoxy) is 3. The highest BCUT2D eigenvalue weighted by molar-refractivity contribution is 5.82. The first-order valence-electron chi connectivity index (χ1n) is 6.44. The summed E-state index contributed by atoms with van der Waals surface area (Å²) in [4.78, 5) is 11.0. The molecular weight excluding hydrogens is 313 g/mol. The molecule has 0 aliphatic rings. The van der Waals surface area contributed by atoms with Crippen molar-refractivity contribution in [2.45, 2.75) is 6.36 Å². The van der Waals surface area contributed by atoms with Gasteiger partial charge in [-0.15, -0.1) is 13.2 Å². The van der Waals surface area contributed by atoms with Crippen molar-refractivity contribution in [1.29, 1.82) is 0 Å². The number of alkyl halides is 3. The minimum atomic E-state index is -4.84. The topological polar surface area (TPSA) is 44.8 Å². The smallest absolute Gasteiger partial charge is 0.497 e. The van der Waals surface area contributed by atoms with Gasteiger partial charge in [0.15, 0.2) is 0 Å². The number of benzene rings is 2. The van der Waals surface area contributed by atoms with Crippen molar-refractivity contribution in [2.75, 3.05) is 14.2 Å². The number of hydrogen-bond acceptors (Lipinski definition) is 4. The maximum Gasteiger partial charge on any atom is 0.573 e.